The quantitative estimate of drug-likeness (QED) is 0.568. The van der Waals surface area contributed by atoms with E-state index in [0.29, 0.717) is 5.02 Å². The Morgan fingerprint density at radius 2 is 1.75 bits per heavy atom. The van der Waals surface area contributed by atoms with Crippen LogP contribution in [-0.4, -0.2) is 33.5 Å². The number of carbonyl (C=O) groups is 1. The minimum absolute atomic E-state index is 0.0921. The van der Waals surface area contributed by atoms with Gasteiger partial charge in [0.2, 0.25) is 0 Å². The first-order valence-corrected chi connectivity index (χ1v) is 8.07. The van der Waals surface area contributed by atoms with Crippen LogP contribution < -0.4 is 0 Å². The molecule has 0 unspecified atom stereocenters. The van der Waals surface area contributed by atoms with Crippen molar-refractivity contribution in [2.45, 2.75) is 12.3 Å². The van der Waals surface area contributed by atoms with Crippen molar-refractivity contribution >= 4 is 25.2 Å². The minimum atomic E-state index is -3.22. The lowest BCUT2D eigenvalue weighted by molar-refractivity contribution is -0.140. The Labute approximate surface area is 123 Å². The molecule has 1 rings (SSSR count). The highest BCUT2D eigenvalue weighted by atomic mass is 35.5. The third-order valence-corrected chi connectivity index (χ3v) is 5.24. The average Bonchev–Trinajstić information content (AvgIpc) is 2.47. The molecule has 0 saturated carbocycles. The molecule has 0 aliphatic carbocycles. The fourth-order valence-corrected chi connectivity index (χ4v) is 3.25. The van der Waals surface area contributed by atoms with Crippen molar-refractivity contribution < 1.29 is 23.1 Å². The summed E-state index contributed by atoms with van der Waals surface area (Å²) < 4.78 is 26.8. The van der Waals surface area contributed by atoms with Crippen molar-refractivity contribution in [1.29, 1.82) is 0 Å². The summed E-state index contributed by atoms with van der Waals surface area (Å²) >= 11 is 5.84. The number of hydrogen-bond acceptors (Lipinski definition) is 5. The molecule has 0 heterocycles. The van der Waals surface area contributed by atoms with Gasteiger partial charge in [-0.2, -0.15) is 0 Å². The molecule has 0 aromatic heterocycles. The Morgan fingerprint density at radius 3 is 2.20 bits per heavy atom. The van der Waals surface area contributed by atoms with E-state index in [1.54, 1.807) is 24.3 Å². The molecule has 1 aromatic rings. The molecule has 0 aliphatic heterocycles. The van der Waals surface area contributed by atoms with Gasteiger partial charge in [-0.05, 0) is 17.7 Å². The van der Waals surface area contributed by atoms with E-state index in [2.05, 4.69) is 4.74 Å². The first kappa shape index (κ1) is 17.2. The van der Waals surface area contributed by atoms with Crippen LogP contribution in [0.4, 0.5) is 0 Å². The highest BCUT2D eigenvalue weighted by Gasteiger charge is 2.29. The Morgan fingerprint density at radius 1 is 1.20 bits per heavy atom. The molecule has 7 heteroatoms. The third kappa shape index (κ3) is 4.91. The molecule has 0 saturated heterocycles. The summed E-state index contributed by atoms with van der Waals surface area (Å²) in [5, 5.41) is 0.590. The van der Waals surface area contributed by atoms with Crippen molar-refractivity contribution in [3.05, 3.63) is 34.9 Å². The molecular weight excluding hydrogens is 303 g/mol. The molecule has 0 radical (unpaired) electrons. The van der Waals surface area contributed by atoms with Crippen LogP contribution in [0.3, 0.4) is 0 Å². The van der Waals surface area contributed by atoms with Gasteiger partial charge in [-0.15, -0.1) is 0 Å². The first-order chi connectivity index (χ1) is 9.44. The number of halogens is 1. The Bertz CT molecular complexity index is 480. The molecule has 0 amide bonds. The molecule has 0 fully saturated rings. The van der Waals surface area contributed by atoms with E-state index in [9.17, 15) is 9.36 Å². The van der Waals surface area contributed by atoms with Crippen LogP contribution in [0.15, 0.2) is 24.3 Å². The number of esters is 1. The average molecular weight is 321 g/mol. The minimum Gasteiger partial charge on any atom is -0.469 e. The lowest BCUT2D eigenvalue weighted by atomic mass is 9.98. The molecule has 0 aliphatic rings. The maximum atomic E-state index is 12.2. The van der Waals surface area contributed by atoms with Gasteiger partial charge in [0.15, 0.2) is 0 Å². The van der Waals surface area contributed by atoms with Crippen LogP contribution in [-0.2, 0) is 23.1 Å². The van der Waals surface area contributed by atoms with Crippen molar-refractivity contribution in [3.8, 4) is 0 Å². The van der Waals surface area contributed by atoms with E-state index in [1.807, 2.05) is 0 Å². The van der Waals surface area contributed by atoms with Gasteiger partial charge in [-0.1, -0.05) is 23.7 Å². The Kier molecular flexibility index (Phi) is 6.69. The number of rotatable bonds is 7. The predicted octanol–water partition coefficient (Wildman–Crippen LogP) is 3.47. The maximum absolute atomic E-state index is 12.2. The Hall–Kier alpha value is -0.870. The van der Waals surface area contributed by atoms with Crippen molar-refractivity contribution in [2.24, 2.45) is 0 Å². The summed E-state index contributed by atoms with van der Waals surface area (Å²) in [7, 11) is 0.732. The van der Waals surface area contributed by atoms with Crippen LogP contribution in [0.2, 0.25) is 5.02 Å². The second-order valence-corrected chi connectivity index (χ2v) is 6.94. The zero-order valence-electron chi connectivity index (χ0n) is 11.7. The fraction of sp³-hybridized carbons (Fsp3) is 0.462. The maximum Gasteiger partial charge on any atom is 0.330 e. The standard InChI is InChI=1S/C13H18ClO5P/c1-17-13(15)8-11(9-20(16,18-2)19-3)10-4-6-12(14)7-5-10/h4-7,11H,8-9H2,1-3H3/t11-/m1/s1. The molecule has 5 nitrogen and oxygen atoms in total. The van der Waals surface area contributed by atoms with Crippen molar-refractivity contribution in [3.63, 3.8) is 0 Å². The monoisotopic (exact) mass is 320 g/mol. The summed E-state index contributed by atoms with van der Waals surface area (Å²) in [5.41, 5.74) is 0.828. The molecule has 1 aromatic carbocycles. The largest absolute Gasteiger partial charge is 0.469 e. The number of ether oxygens (including phenoxy) is 1. The molecule has 0 N–H and O–H groups in total. The van der Waals surface area contributed by atoms with Crippen LogP contribution in [0.1, 0.15) is 17.9 Å². The van der Waals surface area contributed by atoms with Gasteiger partial charge in [0, 0.05) is 25.2 Å². The van der Waals surface area contributed by atoms with Gasteiger partial charge in [-0.3, -0.25) is 9.36 Å². The lowest BCUT2D eigenvalue weighted by Crippen LogP contribution is -2.13. The number of carbonyl (C=O) groups excluding carboxylic acids is 1. The van der Waals surface area contributed by atoms with E-state index in [0.717, 1.165) is 5.56 Å². The summed E-state index contributed by atoms with van der Waals surface area (Å²) in [5.74, 6) is -0.714. The fourth-order valence-electron chi connectivity index (χ4n) is 1.80. The molecule has 1 atom stereocenters. The van der Waals surface area contributed by atoms with E-state index in [-0.39, 0.29) is 24.5 Å². The topological polar surface area (TPSA) is 61.8 Å². The molecule has 0 bridgehead atoms. The number of hydrogen-bond donors (Lipinski definition) is 0. The summed E-state index contributed by atoms with van der Waals surface area (Å²) in [6.45, 7) is 0. The van der Waals surface area contributed by atoms with E-state index in [4.69, 9.17) is 20.6 Å². The molecular formula is C13H18ClO5P. The molecule has 112 valence electrons. The second-order valence-electron chi connectivity index (χ2n) is 4.19. The lowest BCUT2D eigenvalue weighted by Gasteiger charge is -2.21. The highest BCUT2D eigenvalue weighted by molar-refractivity contribution is 7.53. The van der Waals surface area contributed by atoms with Gasteiger partial charge in [0.25, 0.3) is 0 Å². The zero-order chi connectivity index (χ0) is 15.2. The van der Waals surface area contributed by atoms with Gasteiger partial charge in [0.05, 0.1) is 19.7 Å². The van der Waals surface area contributed by atoms with Gasteiger partial charge in [0.1, 0.15) is 0 Å². The van der Waals surface area contributed by atoms with Crippen molar-refractivity contribution in [1.82, 2.24) is 0 Å². The van der Waals surface area contributed by atoms with Crippen LogP contribution >= 0.6 is 19.2 Å². The molecule has 0 spiro atoms. The van der Waals surface area contributed by atoms with Gasteiger partial charge >= 0.3 is 13.6 Å². The first-order valence-electron chi connectivity index (χ1n) is 5.97. The van der Waals surface area contributed by atoms with E-state index >= 15 is 0 Å². The van der Waals surface area contributed by atoms with Crippen LogP contribution in [0.5, 0.6) is 0 Å². The number of benzene rings is 1. The summed E-state index contributed by atoms with van der Waals surface area (Å²) in [6.07, 6.45) is 0.186. The van der Waals surface area contributed by atoms with Gasteiger partial charge in [-0.25, -0.2) is 0 Å². The summed E-state index contributed by atoms with van der Waals surface area (Å²) in [6, 6.07) is 6.99. The summed E-state index contributed by atoms with van der Waals surface area (Å²) in [4.78, 5) is 11.5. The van der Waals surface area contributed by atoms with Crippen LogP contribution in [0, 0.1) is 0 Å². The normalized spacial score (nSPS) is 13.0. The SMILES string of the molecule is COC(=O)C[C@H](CP(=O)(OC)OC)c1ccc(Cl)cc1. The second kappa shape index (κ2) is 7.79. The smallest absolute Gasteiger partial charge is 0.330 e. The van der Waals surface area contributed by atoms with E-state index in [1.165, 1.54) is 21.3 Å². The molecule has 20 heavy (non-hydrogen) atoms. The Balaban J connectivity index is 2.99. The van der Waals surface area contributed by atoms with Crippen LogP contribution in [0.25, 0.3) is 0 Å². The highest BCUT2D eigenvalue weighted by Crippen LogP contribution is 2.50. The third-order valence-electron chi connectivity index (χ3n) is 2.98. The van der Waals surface area contributed by atoms with Gasteiger partial charge < -0.3 is 13.8 Å². The van der Waals surface area contributed by atoms with Crippen molar-refractivity contribution in [2.75, 3.05) is 27.5 Å². The zero-order valence-corrected chi connectivity index (χ0v) is 13.3. The predicted molar refractivity (Wildman–Crippen MR) is 77.3 cm³/mol. The number of methoxy groups -OCH3 is 1. The van der Waals surface area contributed by atoms with E-state index < -0.39 is 7.60 Å².